The first-order valence-electron chi connectivity index (χ1n) is 11.1. The van der Waals surface area contributed by atoms with Gasteiger partial charge in [0.25, 0.3) is 0 Å². The molecule has 1 N–H and O–H groups in total. The van der Waals surface area contributed by atoms with Crippen molar-refractivity contribution in [2.45, 2.75) is 38.6 Å². The molecule has 0 atom stereocenters. The number of nitrogens with zero attached hydrogens (tertiary/aromatic N) is 6. The van der Waals surface area contributed by atoms with Crippen LogP contribution in [0.1, 0.15) is 37.4 Å². The van der Waals surface area contributed by atoms with Crippen LogP contribution in [0, 0.1) is 12.8 Å². The van der Waals surface area contributed by atoms with E-state index in [1.54, 1.807) is 6.20 Å². The number of rotatable bonds is 5. The zero-order valence-corrected chi connectivity index (χ0v) is 18.1. The Kier molecular flexibility index (Phi) is 5.73. The lowest BCUT2D eigenvalue weighted by Gasteiger charge is -2.27. The molecule has 162 valence electrons. The van der Waals surface area contributed by atoms with Gasteiger partial charge in [0.1, 0.15) is 0 Å². The fraction of sp³-hybridized carbons (Fsp3) is 0.320. The van der Waals surface area contributed by atoms with E-state index in [4.69, 9.17) is 0 Å². The average Bonchev–Trinajstić information content (AvgIpc) is 3.35. The molecule has 3 aromatic heterocycles. The number of aryl methyl sites for hydroxylation is 1. The predicted molar refractivity (Wildman–Crippen MR) is 123 cm³/mol. The lowest BCUT2D eigenvalue weighted by atomic mass is 9.87. The summed E-state index contributed by atoms with van der Waals surface area (Å²) in [5.74, 6) is 1.13. The van der Waals surface area contributed by atoms with Crippen LogP contribution in [-0.4, -0.2) is 41.7 Å². The molecule has 1 aromatic carbocycles. The second-order valence-corrected chi connectivity index (χ2v) is 8.53. The summed E-state index contributed by atoms with van der Waals surface area (Å²) in [7, 11) is 0. The van der Waals surface area contributed by atoms with Crippen LogP contribution in [0.15, 0.2) is 61.3 Å². The third kappa shape index (κ3) is 4.29. The van der Waals surface area contributed by atoms with Crippen molar-refractivity contribution in [2.75, 3.05) is 6.61 Å². The molecule has 32 heavy (non-hydrogen) atoms. The second-order valence-electron chi connectivity index (χ2n) is 8.53. The van der Waals surface area contributed by atoms with Crippen molar-refractivity contribution in [3.05, 3.63) is 67.0 Å². The van der Waals surface area contributed by atoms with Crippen LogP contribution in [0.4, 0.5) is 0 Å². The van der Waals surface area contributed by atoms with Crippen molar-refractivity contribution in [1.29, 1.82) is 0 Å². The van der Waals surface area contributed by atoms with Crippen molar-refractivity contribution in [3.63, 3.8) is 0 Å². The second kappa shape index (κ2) is 8.96. The molecule has 1 fully saturated rings. The van der Waals surface area contributed by atoms with Crippen molar-refractivity contribution < 1.29 is 5.11 Å². The van der Waals surface area contributed by atoms with E-state index in [-0.39, 0.29) is 0 Å². The lowest BCUT2D eigenvalue weighted by Crippen LogP contribution is -2.20. The van der Waals surface area contributed by atoms with Crippen molar-refractivity contribution in [3.8, 4) is 33.6 Å². The van der Waals surface area contributed by atoms with Crippen LogP contribution < -0.4 is 0 Å². The number of hydrogen-bond donors (Lipinski definition) is 1. The van der Waals surface area contributed by atoms with Gasteiger partial charge in [0.15, 0.2) is 5.82 Å². The van der Waals surface area contributed by atoms with Crippen LogP contribution in [0.3, 0.4) is 0 Å². The maximum Gasteiger partial charge on any atom is 0.159 e. The molecule has 0 spiro atoms. The molecule has 1 aliphatic rings. The van der Waals surface area contributed by atoms with E-state index in [1.165, 1.54) is 0 Å². The first-order valence-corrected chi connectivity index (χ1v) is 11.1. The maximum absolute atomic E-state index is 9.35. The Morgan fingerprint density at radius 3 is 2.41 bits per heavy atom. The van der Waals surface area contributed by atoms with Gasteiger partial charge in [0.05, 0.1) is 24.1 Å². The minimum atomic E-state index is 0.294. The molecular weight excluding hydrogens is 400 g/mol. The number of hydrogen-bond acceptors (Lipinski definition) is 6. The largest absolute Gasteiger partial charge is 0.396 e. The SMILES string of the molecule is Cc1cc(-c2cccc(-c3ncc(-c4cnn([C@H]5CC[C@H](CO)CC5)c4)cn3)c2)cnn1. The van der Waals surface area contributed by atoms with Gasteiger partial charge in [-0.2, -0.15) is 15.3 Å². The zero-order chi connectivity index (χ0) is 21.9. The zero-order valence-electron chi connectivity index (χ0n) is 18.1. The van der Waals surface area contributed by atoms with Crippen LogP contribution >= 0.6 is 0 Å². The molecule has 7 heteroatoms. The van der Waals surface area contributed by atoms with Crippen LogP contribution in [0.5, 0.6) is 0 Å². The van der Waals surface area contributed by atoms with Crippen molar-refractivity contribution >= 4 is 0 Å². The third-order valence-electron chi connectivity index (χ3n) is 6.27. The van der Waals surface area contributed by atoms with Gasteiger partial charge < -0.3 is 5.11 Å². The summed E-state index contributed by atoms with van der Waals surface area (Å²) in [4.78, 5) is 9.23. The maximum atomic E-state index is 9.35. The highest BCUT2D eigenvalue weighted by atomic mass is 16.3. The summed E-state index contributed by atoms with van der Waals surface area (Å²) < 4.78 is 2.06. The molecule has 0 saturated heterocycles. The molecular formula is C25H26N6O. The molecule has 5 rings (SSSR count). The van der Waals surface area contributed by atoms with E-state index in [1.807, 2.05) is 43.7 Å². The van der Waals surface area contributed by atoms with Crippen molar-refractivity contribution in [1.82, 2.24) is 29.9 Å². The molecule has 0 aliphatic heterocycles. The molecule has 0 radical (unpaired) electrons. The van der Waals surface area contributed by atoms with E-state index in [0.29, 0.717) is 24.4 Å². The van der Waals surface area contributed by atoms with Gasteiger partial charge in [-0.3, -0.25) is 4.68 Å². The minimum Gasteiger partial charge on any atom is -0.396 e. The first kappa shape index (κ1) is 20.5. The summed E-state index contributed by atoms with van der Waals surface area (Å²) in [5.41, 5.74) is 5.90. The third-order valence-corrected chi connectivity index (χ3v) is 6.27. The fourth-order valence-electron chi connectivity index (χ4n) is 4.37. The predicted octanol–water partition coefficient (Wildman–Crippen LogP) is 4.50. The first-order chi connectivity index (χ1) is 15.7. The quantitative estimate of drug-likeness (QED) is 0.505. The Bertz CT molecular complexity index is 1200. The van der Waals surface area contributed by atoms with Crippen LogP contribution in [-0.2, 0) is 0 Å². The minimum absolute atomic E-state index is 0.294. The summed E-state index contributed by atoms with van der Waals surface area (Å²) in [6.45, 7) is 2.23. The van der Waals surface area contributed by atoms with E-state index in [9.17, 15) is 5.11 Å². The molecule has 4 aromatic rings. The molecule has 0 unspecified atom stereocenters. The Balaban J connectivity index is 1.33. The molecule has 1 saturated carbocycles. The standard InChI is InChI=1S/C25H26N6O/c1-17-9-21(13-28-30-17)19-3-2-4-20(10-19)25-26-11-22(12-27-25)23-14-29-31(15-23)24-7-5-18(16-32)6-8-24/h2-4,9-15,18,24,32H,5-8,16H2,1H3/t18-,24-. The Morgan fingerprint density at radius 2 is 1.66 bits per heavy atom. The Morgan fingerprint density at radius 1 is 0.875 bits per heavy atom. The lowest BCUT2D eigenvalue weighted by molar-refractivity contribution is 0.165. The highest BCUT2D eigenvalue weighted by molar-refractivity contribution is 5.70. The van der Waals surface area contributed by atoms with Gasteiger partial charge in [-0.05, 0) is 56.2 Å². The summed E-state index contributed by atoms with van der Waals surface area (Å²) in [6.07, 6.45) is 13.7. The number of benzene rings is 1. The van der Waals surface area contributed by atoms with E-state index in [2.05, 4.69) is 48.3 Å². The van der Waals surface area contributed by atoms with Gasteiger partial charge in [-0.15, -0.1) is 0 Å². The molecule has 0 amide bonds. The van der Waals surface area contributed by atoms with Gasteiger partial charge >= 0.3 is 0 Å². The Labute approximate surface area is 187 Å². The van der Waals surface area contributed by atoms with Gasteiger partial charge in [-0.1, -0.05) is 18.2 Å². The van der Waals surface area contributed by atoms with Gasteiger partial charge in [0.2, 0.25) is 0 Å². The van der Waals surface area contributed by atoms with E-state index >= 15 is 0 Å². The number of aliphatic hydroxyl groups excluding tert-OH is 1. The molecule has 1 aliphatic carbocycles. The van der Waals surface area contributed by atoms with E-state index < -0.39 is 0 Å². The monoisotopic (exact) mass is 426 g/mol. The van der Waals surface area contributed by atoms with Crippen molar-refractivity contribution in [2.24, 2.45) is 5.92 Å². The van der Waals surface area contributed by atoms with Crippen LogP contribution in [0.25, 0.3) is 33.6 Å². The molecule has 3 heterocycles. The highest BCUT2D eigenvalue weighted by Crippen LogP contribution is 2.32. The topological polar surface area (TPSA) is 89.6 Å². The summed E-state index contributed by atoms with van der Waals surface area (Å²) >= 11 is 0. The van der Waals surface area contributed by atoms with Crippen LogP contribution in [0.2, 0.25) is 0 Å². The molecule has 7 nitrogen and oxygen atoms in total. The van der Waals surface area contributed by atoms with Gasteiger partial charge in [0, 0.05) is 47.5 Å². The Hall–Kier alpha value is -3.45. The fourth-order valence-corrected chi connectivity index (χ4v) is 4.37. The summed E-state index contributed by atoms with van der Waals surface area (Å²) in [6, 6.07) is 10.6. The number of aliphatic hydroxyl groups is 1. The number of aromatic nitrogens is 6. The molecule has 0 bridgehead atoms. The highest BCUT2D eigenvalue weighted by Gasteiger charge is 2.22. The normalized spacial score (nSPS) is 18.6. The smallest absolute Gasteiger partial charge is 0.159 e. The van der Waals surface area contributed by atoms with Gasteiger partial charge in [-0.25, -0.2) is 9.97 Å². The van der Waals surface area contributed by atoms with E-state index in [0.717, 1.165) is 59.2 Å². The average molecular weight is 427 g/mol. The summed E-state index contributed by atoms with van der Waals surface area (Å²) in [5, 5.41) is 22.0.